The van der Waals surface area contributed by atoms with Crippen molar-refractivity contribution in [2.24, 2.45) is 4.99 Å². The summed E-state index contributed by atoms with van der Waals surface area (Å²) in [6.07, 6.45) is 7.75. The number of para-hydroxylation sites is 1. The Balaban J connectivity index is 1.98. The van der Waals surface area contributed by atoms with Gasteiger partial charge in [0.05, 0.1) is 18.2 Å². The van der Waals surface area contributed by atoms with Crippen LogP contribution in [0, 0.1) is 0 Å². The van der Waals surface area contributed by atoms with E-state index in [9.17, 15) is 4.79 Å². The van der Waals surface area contributed by atoms with Crippen LogP contribution in [0.1, 0.15) is 49.4 Å². The average molecular weight is 324 g/mol. The number of benzene rings is 1. The second-order valence-corrected chi connectivity index (χ2v) is 6.08. The third-order valence-electron chi connectivity index (χ3n) is 4.36. The standard InChI is InChI=1S/C20H24N2O2/c1-2-24-18-13-7-6-12-17(18)20(23)22-15-9-8-14-19(22)21-16-10-4-3-5-11-16/h6-9,12-16H,2-5,10-11H2,1H3. The van der Waals surface area contributed by atoms with E-state index >= 15 is 0 Å². The van der Waals surface area contributed by atoms with Gasteiger partial charge >= 0.3 is 0 Å². The average Bonchev–Trinajstić information content (AvgIpc) is 2.63. The fraction of sp³-hybridized carbons (Fsp3) is 0.400. The number of nitrogens with zero attached hydrogens (tertiary/aromatic N) is 2. The largest absolute Gasteiger partial charge is 0.493 e. The van der Waals surface area contributed by atoms with Crippen LogP contribution in [0.15, 0.2) is 53.7 Å². The Morgan fingerprint density at radius 1 is 1.12 bits per heavy atom. The van der Waals surface area contributed by atoms with Gasteiger partial charge in [-0.15, -0.1) is 0 Å². The molecule has 24 heavy (non-hydrogen) atoms. The Morgan fingerprint density at radius 3 is 2.67 bits per heavy atom. The molecular formula is C20H24N2O2. The number of hydrogen-bond acceptors (Lipinski definition) is 3. The van der Waals surface area contributed by atoms with E-state index in [1.807, 2.05) is 43.3 Å². The molecule has 2 aromatic rings. The summed E-state index contributed by atoms with van der Waals surface area (Å²) >= 11 is 0. The van der Waals surface area contributed by atoms with Crippen LogP contribution >= 0.6 is 0 Å². The van der Waals surface area contributed by atoms with Crippen molar-refractivity contribution in [3.63, 3.8) is 0 Å². The molecule has 0 N–H and O–H groups in total. The van der Waals surface area contributed by atoms with Crippen molar-refractivity contribution in [3.8, 4) is 5.75 Å². The van der Waals surface area contributed by atoms with Gasteiger partial charge in [-0.05, 0) is 44.0 Å². The second kappa shape index (κ2) is 7.95. The molecular weight excluding hydrogens is 300 g/mol. The first-order valence-electron chi connectivity index (χ1n) is 8.77. The molecule has 0 radical (unpaired) electrons. The molecule has 1 aliphatic carbocycles. The zero-order chi connectivity index (χ0) is 16.8. The van der Waals surface area contributed by atoms with E-state index in [0.29, 0.717) is 24.0 Å². The normalized spacial score (nSPS) is 16.1. The lowest BCUT2D eigenvalue weighted by Gasteiger charge is -2.18. The highest BCUT2D eigenvalue weighted by molar-refractivity contribution is 5.98. The third-order valence-corrected chi connectivity index (χ3v) is 4.36. The van der Waals surface area contributed by atoms with Crippen molar-refractivity contribution < 1.29 is 9.53 Å². The van der Waals surface area contributed by atoms with Gasteiger partial charge in [-0.3, -0.25) is 14.4 Å². The number of hydrogen-bond donors (Lipinski definition) is 0. The summed E-state index contributed by atoms with van der Waals surface area (Å²) in [5.74, 6) is 0.513. The molecule has 0 spiro atoms. The van der Waals surface area contributed by atoms with Crippen LogP contribution in [0.3, 0.4) is 0 Å². The van der Waals surface area contributed by atoms with Crippen LogP contribution < -0.4 is 10.2 Å². The summed E-state index contributed by atoms with van der Waals surface area (Å²) in [6, 6.07) is 13.4. The monoisotopic (exact) mass is 324 g/mol. The minimum Gasteiger partial charge on any atom is -0.493 e. The number of carbonyl (C=O) groups is 1. The van der Waals surface area contributed by atoms with E-state index in [1.54, 1.807) is 16.8 Å². The Bertz CT molecular complexity index is 758. The molecule has 0 aliphatic heterocycles. The van der Waals surface area contributed by atoms with Crippen molar-refractivity contribution in [2.75, 3.05) is 6.61 Å². The van der Waals surface area contributed by atoms with E-state index in [2.05, 4.69) is 0 Å². The fourth-order valence-electron chi connectivity index (χ4n) is 3.16. The van der Waals surface area contributed by atoms with Gasteiger partial charge in [0.25, 0.3) is 5.91 Å². The van der Waals surface area contributed by atoms with Crippen molar-refractivity contribution in [1.29, 1.82) is 0 Å². The second-order valence-electron chi connectivity index (χ2n) is 6.08. The van der Waals surface area contributed by atoms with E-state index in [-0.39, 0.29) is 5.91 Å². The van der Waals surface area contributed by atoms with Gasteiger partial charge in [-0.1, -0.05) is 37.5 Å². The Hall–Kier alpha value is -2.36. The van der Waals surface area contributed by atoms with Crippen LogP contribution in [0.2, 0.25) is 0 Å². The summed E-state index contributed by atoms with van der Waals surface area (Å²) in [5.41, 5.74) is 1.29. The fourth-order valence-corrected chi connectivity index (χ4v) is 3.16. The minimum atomic E-state index is -0.103. The molecule has 4 nitrogen and oxygen atoms in total. The molecule has 4 heteroatoms. The SMILES string of the molecule is CCOc1ccccc1C(=O)n1ccccc1=NC1CCCCC1. The third kappa shape index (κ3) is 3.75. The number of pyridine rings is 1. The first kappa shape index (κ1) is 16.5. The van der Waals surface area contributed by atoms with Crippen molar-refractivity contribution in [3.05, 3.63) is 59.7 Å². The maximum Gasteiger partial charge on any atom is 0.267 e. The molecule has 1 aromatic heterocycles. The molecule has 1 fully saturated rings. The Kier molecular flexibility index (Phi) is 5.47. The lowest BCUT2D eigenvalue weighted by atomic mass is 9.96. The van der Waals surface area contributed by atoms with Gasteiger partial charge in [0.2, 0.25) is 0 Å². The predicted molar refractivity (Wildman–Crippen MR) is 94.2 cm³/mol. The molecule has 0 saturated heterocycles. The number of carbonyl (C=O) groups excluding carboxylic acids is 1. The number of aromatic nitrogens is 1. The van der Waals surface area contributed by atoms with Crippen molar-refractivity contribution in [1.82, 2.24) is 4.57 Å². The first-order valence-corrected chi connectivity index (χ1v) is 8.77. The number of ether oxygens (including phenoxy) is 1. The smallest absolute Gasteiger partial charge is 0.267 e. The van der Waals surface area contributed by atoms with E-state index in [4.69, 9.17) is 9.73 Å². The van der Waals surface area contributed by atoms with Gasteiger partial charge in [0.15, 0.2) is 0 Å². The van der Waals surface area contributed by atoms with Crippen LogP contribution in [0.25, 0.3) is 0 Å². The van der Waals surface area contributed by atoms with Gasteiger partial charge in [0.1, 0.15) is 11.2 Å². The summed E-state index contributed by atoms with van der Waals surface area (Å²) in [5, 5.41) is 0. The van der Waals surface area contributed by atoms with Gasteiger partial charge < -0.3 is 4.74 Å². The summed E-state index contributed by atoms with van der Waals surface area (Å²) < 4.78 is 7.24. The molecule has 0 amide bonds. The highest BCUT2D eigenvalue weighted by atomic mass is 16.5. The summed E-state index contributed by atoms with van der Waals surface area (Å²) in [6.45, 7) is 2.45. The molecule has 1 aliphatic rings. The Morgan fingerprint density at radius 2 is 1.88 bits per heavy atom. The van der Waals surface area contributed by atoms with Crippen molar-refractivity contribution in [2.45, 2.75) is 45.1 Å². The molecule has 0 atom stereocenters. The maximum atomic E-state index is 13.0. The minimum absolute atomic E-state index is 0.103. The highest BCUT2D eigenvalue weighted by Gasteiger charge is 2.16. The summed E-state index contributed by atoms with van der Waals surface area (Å²) in [4.78, 5) is 17.9. The lowest BCUT2D eigenvalue weighted by Crippen LogP contribution is -2.29. The van der Waals surface area contributed by atoms with Gasteiger partial charge in [-0.2, -0.15) is 0 Å². The van der Waals surface area contributed by atoms with E-state index < -0.39 is 0 Å². The van der Waals surface area contributed by atoms with Gasteiger partial charge in [-0.25, -0.2) is 0 Å². The van der Waals surface area contributed by atoms with E-state index in [0.717, 1.165) is 18.3 Å². The van der Waals surface area contributed by atoms with Crippen LogP contribution in [0.4, 0.5) is 0 Å². The van der Waals surface area contributed by atoms with Crippen molar-refractivity contribution >= 4 is 5.91 Å². The lowest BCUT2D eigenvalue weighted by molar-refractivity contribution is 0.0950. The Labute approximate surface area is 142 Å². The van der Waals surface area contributed by atoms with Crippen LogP contribution in [-0.2, 0) is 0 Å². The first-order chi connectivity index (χ1) is 11.8. The molecule has 3 rings (SSSR count). The van der Waals surface area contributed by atoms with Gasteiger partial charge in [0, 0.05) is 6.20 Å². The predicted octanol–water partition coefficient (Wildman–Crippen LogP) is 3.81. The molecule has 1 heterocycles. The van der Waals surface area contributed by atoms with Crippen LogP contribution in [-0.4, -0.2) is 23.1 Å². The molecule has 1 aromatic carbocycles. The zero-order valence-electron chi connectivity index (χ0n) is 14.1. The van der Waals surface area contributed by atoms with Crippen LogP contribution in [0.5, 0.6) is 5.75 Å². The topological polar surface area (TPSA) is 43.6 Å². The number of rotatable bonds is 4. The highest BCUT2D eigenvalue weighted by Crippen LogP contribution is 2.20. The molecule has 0 bridgehead atoms. The molecule has 126 valence electrons. The molecule has 0 unspecified atom stereocenters. The van der Waals surface area contributed by atoms with E-state index in [1.165, 1.54) is 19.3 Å². The molecule has 1 saturated carbocycles. The summed E-state index contributed by atoms with van der Waals surface area (Å²) in [7, 11) is 0. The maximum absolute atomic E-state index is 13.0. The quantitative estimate of drug-likeness (QED) is 0.858. The zero-order valence-corrected chi connectivity index (χ0v) is 14.1.